The lowest BCUT2D eigenvalue weighted by Gasteiger charge is -2.27. The number of ether oxygens (including phenoxy) is 2. The highest BCUT2D eigenvalue weighted by Crippen LogP contribution is 2.20. The minimum Gasteiger partial charge on any atom is -0.462 e. The Hall–Kier alpha value is -3.79. The molecule has 1 N–H and O–H groups in total. The standard InChI is InChI=1S/C25H30N6O4/c1-4-35-25(33)19-5-7-20(8-6-19)26-24(32)12-9-21-17(2)29-31(18(21)3)23-11-10-22(27-28-23)30-13-15-34-16-14-30/h5-8,10-11H,4,9,12-16H2,1-3H3,(H,26,32). The SMILES string of the molecule is CCOC(=O)c1ccc(NC(=O)CCc2c(C)nn(-c3ccc(N4CCOCC4)nn3)c2C)cc1. The number of hydrogen-bond acceptors (Lipinski definition) is 8. The van der Waals surface area contributed by atoms with E-state index in [0.29, 0.717) is 49.7 Å². The molecule has 3 heterocycles. The Kier molecular flexibility index (Phi) is 7.71. The van der Waals surface area contributed by atoms with Crippen molar-refractivity contribution in [3.63, 3.8) is 0 Å². The van der Waals surface area contributed by atoms with Crippen LogP contribution in [-0.4, -0.2) is 64.8 Å². The van der Waals surface area contributed by atoms with E-state index in [2.05, 4.69) is 25.5 Å². The lowest BCUT2D eigenvalue weighted by molar-refractivity contribution is -0.116. The minimum atomic E-state index is -0.381. The van der Waals surface area contributed by atoms with Gasteiger partial charge in [-0.25, -0.2) is 9.48 Å². The molecule has 2 aromatic heterocycles. The summed E-state index contributed by atoms with van der Waals surface area (Å²) in [4.78, 5) is 26.4. The van der Waals surface area contributed by atoms with Gasteiger partial charge in [0.15, 0.2) is 11.6 Å². The molecule has 4 rings (SSSR count). The van der Waals surface area contributed by atoms with E-state index in [0.717, 1.165) is 35.9 Å². The van der Waals surface area contributed by atoms with E-state index in [1.54, 1.807) is 35.9 Å². The molecule has 0 atom stereocenters. The van der Waals surface area contributed by atoms with E-state index in [4.69, 9.17) is 9.47 Å². The third-order valence-electron chi connectivity index (χ3n) is 5.91. The molecule has 10 nitrogen and oxygen atoms in total. The zero-order chi connectivity index (χ0) is 24.8. The quantitative estimate of drug-likeness (QED) is 0.492. The highest BCUT2D eigenvalue weighted by Gasteiger charge is 2.17. The van der Waals surface area contributed by atoms with Gasteiger partial charge in [-0.15, -0.1) is 10.2 Å². The molecule has 1 aromatic carbocycles. The number of carbonyl (C=O) groups is 2. The second-order valence-corrected chi connectivity index (χ2v) is 8.26. The number of amides is 1. The van der Waals surface area contributed by atoms with E-state index in [9.17, 15) is 9.59 Å². The molecule has 0 spiro atoms. The number of benzene rings is 1. The molecule has 3 aromatic rings. The number of anilines is 2. The predicted octanol–water partition coefficient (Wildman–Crippen LogP) is 2.86. The lowest BCUT2D eigenvalue weighted by atomic mass is 10.1. The van der Waals surface area contributed by atoms with Crippen molar-refractivity contribution in [2.45, 2.75) is 33.6 Å². The van der Waals surface area contributed by atoms with Crippen LogP contribution >= 0.6 is 0 Å². The molecule has 10 heteroatoms. The van der Waals surface area contributed by atoms with Crippen molar-refractivity contribution < 1.29 is 19.1 Å². The maximum Gasteiger partial charge on any atom is 0.338 e. The summed E-state index contributed by atoms with van der Waals surface area (Å²) in [6, 6.07) is 10.5. The Balaban J connectivity index is 1.37. The fraction of sp³-hybridized carbons (Fsp3) is 0.400. The van der Waals surface area contributed by atoms with E-state index in [1.807, 2.05) is 26.0 Å². The Bertz CT molecular complexity index is 1170. The number of carbonyl (C=O) groups excluding carboxylic acids is 2. The number of esters is 1. The van der Waals surface area contributed by atoms with Gasteiger partial charge in [-0.1, -0.05) is 0 Å². The largest absolute Gasteiger partial charge is 0.462 e. The molecule has 1 amide bonds. The van der Waals surface area contributed by atoms with Crippen LogP contribution in [0.1, 0.15) is 40.7 Å². The van der Waals surface area contributed by atoms with Gasteiger partial charge in [-0.3, -0.25) is 4.79 Å². The molecule has 0 saturated carbocycles. The molecular formula is C25H30N6O4. The van der Waals surface area contributed by atoms with Crippen molar-refractivity contribution in [1.29, 1.82) is 0 Å². The summed E-state index contributed by atoms with van der Waals surface area (Å²) in [5.74, 6) is 0.967. The van der Waals surface area contributed by atoms with Crippen LogP contribution in [-0.2, 0) is 20.7 Å². The van der Waals surface area contributed by atoms with E-state index in [1.165, 1.54) is 0 Å². The van der Waals surface area contributed by atoms with Crippen molar-refractivity contribution in [1.82, 2.24) is 20.0 Å². The van der Waals surface area contributed by atoms with Crippen LogP contribution in [0.4, 0.5) is 11.5 Å². The normalized spacial score (nSPS) is 13.5. The number of nitrogens with one attached hydrogen (secondary N) is 1. The number of rotatable bonds is 8. The molecule has 35 heavy (non-hydrogen) atoms. The van der Waals surface area contributed by atoms with Crippen LogP contribution < -0.4 is 10.2 Å². The second-order valence-electron chi connectivity index (χ2n) is 8.26. The maximum atomic E-state index is 12.5. The van der Waals surface area contributed by atoms with Crippen molar-refractivity contribution in [3.05, 3.63) is 58.9 Å². The van der Waals surface area contributed by atoms with Crippen LogP contribution in [0.5, 0.6) is 0 Å². The van der Waals surface area contributed by atoms with Gasteiger partial charge in [0.05, 0.1) is 31.1 Å². The third-order valence-corrected chi connectivity index (χ3v) is 5.91. The van der Waals surface area contributed by atoms with Gasteiger partial charge in [-0.05, 0) is 69.2 Å². The van der Waals surface area contributed by atoms with Gasteiger partial charge in [0.1, 0.15) is 0 Å². The molecule has 0 unspecified atom stereocenters. The summed E-state index contributed by atoms with van der Waals surface area (Å²) in [6.07, 6.45) is 0.846. The highest BCUT2D eigenvalue weighted by atomic mass is 16.5. The van der Waals surface area contributed by atoms with E-state index >= 15 is 0 Å². The molecule has 1 fully saturated rings. The van der Waals surface area contributed by atoms with Crippen molar-refractivity contribution in [2.24, 2.45) is 0 Å². The molecule has 1 saturated heterocycles. The topological polar surface area (TPSA) is 111 Å². The zero-order valence-electron chi connectivity index (χ0n) is 20.3. The summed E-state index contributed by atoms with van der Waals surface area (Å²) >= 11 is 0. The molecule has 0 radical (unpaired) electrons. The van der Waals surface area contributed by atoms with Gasteiger partial charge in [0.2, 0.25) is 5.91 Å². The Morgan fingerprint density at radius 3 is 2.37 bits per heavy atom. The monoisotopic (exact) mass is 478 g/mol. The molecule has 0 bridgehead atoms. The van der Waals surface area contributed by atoms with Gasteiger partial charge in [0.25, 0.3) is 0 Å². The number of nitrogens with zero attached hydrogens (tertiary/aromatic N) is 5. The summed E-state index contributed by atoms with van der Waals surface area (Å²) in [6.45, 7) is 8.96. The highest BCUT2D eigenvalue weighted by molar-refractivity contribution is 5.93. The first-order chi connectivity index (χ1) is 17.0. The maximum absolute atomic E-state index is 12.5. The van der Waals surface area contributed by atoms with Crippen molar-refractivity contribution in [3.8, 4) is 5.82 Å². The first-order valence-electron chi connectivity index (χ1n) is 11.7. The van der Waals surface area contributed by atoms with Gasteiger partial charge >= 0.3 is 5.97 Å². The average molecular weight is 479 g/mol. The van der Waals surface area contributed by atoms with E-state index < -0.39 is 0 Å². The van der Waals surface area contributed by atoms with E-state index in [-0.39, 0.29) is 11.9 Å². The van der Waals surface area contributed by atoms with Crippen LogP contribution in [0, 0.1) is 13.8 Å². The predicted molar refractivity (Wildman–Crippen MR) is 131 cm³/mol. The Labute approximate surface area is 204 Å². The van der Waals surface area contributed by atoms with Gasteiger partial charge in [0, 0.05) is 30.9 Å². The Morgan fingerprint density at radius 2 is 1.71 bits per heavy atom. The number of hydrogen-bond donors (Lipinski definition) is 1. The molecular weight excluding hydrogens is 448 g/mol. The summed E-state index contributed by atoms with van der Waals surface area (Å²) < 4.78 is 12.1. The summed E-state index contributed by atoms with van der Waals surface area (Å²) in [5, 5.41) is 16.3. The number of morpholine rings is 1. The number of aryl methyl sites for hydroxylation is 1. The smallest absolute Gasteiger partial charge is 0.338 e. The van der Waals surface area contributed by atoms with Crippen molar-refractivity contribution >= 4 is 23.4 Å². The fourth-order valence-corrected chi connectivity index (χ4v) is 4.02. The second kappa shape index (κ2) is 11.1. The molecule has 184 valence electrons. The lowest BCUT2D eigenvalue weighted by Crippen LogP contribution is -2.36. The molecule has 1 aliphatic rings. The van der Waals surface area contributed by atoms with Gasteiger partial charge < -0.3 is 19.7 Å². The third kappa shape index (κ3) is 5.83. The minimum absolute atomic E-state index is 0.116. The van der Waals surface area contributed by atoms with Gasteiger partial charge in [-0.2, -0.15) is 5.10 Å². The number of aromatic nitrogens is 4. The van der Waals surface area contributed by atoms with Crippen LogP contribution in [0.15, 0.2) is 36.4 Å². The summed E-state index contributed by atoms with van der Waals surface area (Å²) in [5.41, 5.74) is 3.87. The van der Waals surface area contributed by atoms with Crippen molar-refractivity contribution in [2.75, 3.05) is 43.1 Å². The average Bonchev–Trinajstić information content (AvgIpc) is 3.17. The fourth-order valence-electron chi connectivity index (χ4n) is 4.02. The zero-order valence-corrected chi connectivity index (χ0v) is 20.3. The molecule has 1 aliphatic heterocycles. The first-order valence-corrected chi connectivity index (χ1v) is 11.7. The van der Waals surface area contributed by atoms with Crippen LogP contribution in [0.3, 0.4) is 0 Å². The first kappa shape index (κ1) is 24.3. The molecule has 0 aliphatic carbocycles. The van der Waals surface area contributed by atoms with Crippen LogP contribution in [0.2, 0.25) is 0 Å². The Morgan fingerprint density at radius 1 is 1.03 bits per heavy atom. The summed E-state index contributed by atoms with van der Waals surface area (Å²) in [7, 11) is 0. The van der Waals surface area contributed by atoms with Crippen LogP contribution in [0.25, 0.3) is 5.82 Å².